The third-order valence-corrected chi connectivity index (χ3v) is 7.12. The van der Waals surface area contributed by atoms with Crippen LogP contribution in [0, 0.1) is 5.92 Å². The largest absolute Gasteiger partial charge is 0.481 e. The van der Waals surface area contributed by atoms with Crippen LogP contribution in [-0.4, -0.2) is 32.7 Å². The highest BCUT2D eigenvalue weighted by Crippen LogP contribution is 2.51. The minimum atomic E-state index is -4.02. The normalized spacial score (nSPS) is 15.9. The zero-order valence-corrected chi connectivity index (χ0v) is 15.4. The molecule has 7 heteroatoms. The second-order valence-corrected chi connectivity index (χ2v) is 8.81. The van der Waals surface area contributed by atoms with Crippen LogP contribution in [0.15, 0.2) is 42.5 Å². The average molecular weight is 378 g/mol. The van der Waals surface area contributed by atoms with Crippen LogP contribution in [0.2, 0.25) is 0 Å². The molecule has 0 aliphatic carbocycles. The van der Waals surface area contributed by atoms with Gasteiger partial charge in [0, 0.05) is 11.7 Å². The Morgan fingerprint density at radius 3 is 2.27 bits per heavy atom. The van der Waals surface area contributed by atoms with Crippen LogP contribution in [0.4, 0.5) is 0 Å². The summed E-state index contributed by atoms with van der Waals surface area (Å²) in [6.07, 6.45) is 0.235. The van der Waals surface area contributed by atoms with Crippen LogP contribution in [0.1, 0.15) is 32.6 Å². The SMILES string of the molecule is CCCC(C(CCC(=O)O)C(=O)O)P(=O)(O)c1ccc2ccccc2c1. The zero-order chi connectivity index (χ0) is 19.3. The fourth-order valence-corrected chi connectivity index (χ4v) is 5.61. The van der Waals surface area contributed by atoms with Gasteiger partial charge in [-0.05, 0) is 35.7 Å². The lowest BCUT2D eigenvalue weighted by atomic mass is 9.96. The molecule has 140 valence electrons. The molecule has 0 radical (unpaired) electrons. The standard InChI is InChI=1S/C19H23O6P/c1-2-5-17(16(19(22)23)10-11-18(20)21)26(24,25)15-9-8-13-6-3-4-7-14(13)12-15/h3-4,6-9,12,16-17H,2,5,10-11H2,1H3,(H,20,21)(H,22,23)(H,24,25). The van der Waals surface area contributed by atoms with Crippen LogP contribution < -0.4 is 5.30 Å². The first-order valence-electron chi connectivity index (χ1n) is 8.53. The van der Waals surface area contributed by atoms with Crippen molar-refractivity contribution < 1.29 is 29.3 Å². The number of fused-ring (bicyclic) bond motifs is 1. The molecule has 0 aliphatic heterocycles. The van der Waals surface area contributed by atoms with E-state index in [9.17, 15) is 24.2 Å². The van der Waals surface area contributed by atoms with Crippen molar-refractivity contribution in [1.82, 2.24) is 0 Å². The molecule has 3 N–H and O–H groups in total. The molecule has 2 aromatic rings. The van der Waals surface area contributed by atoms with E-state index in [1.165, 1.54) is 0 Å². The number of aliphatic carboxylic acids is 2. The predicted molar refractivity (Wildman–Crippen MR) is 100 cm³/mol. The lowest BCUT2D eigenvalue weighted by Crippen LogP contribution is -2.32. The highest BCUT2D eigenvalue weighted by molar-refractivity contribution is 7.66. The molecule has 6 nitrogen and oxygen atoms in total. The van der Waals surface area contributed by atoms with Gasteiger partial charge in [0.2, 0.25) is 7.37 Å². The topological polar surface area (TPSA) is 112 Å². The van der Waals surface area contributed by atoms with Crippen molar-refractivity contribution in [2.24, 2.45) is 5.92 Å². The molecule has 0 saturated heterocycles. The molecule has 0 spiro atoms. The van der Waals surface area contributed by atoms with E-state index in [1.807, 2.05) is 31.2 Å². The van der Waals surface area contributed by atoms with E-state index in [-0.39, 0.29) is 24.6 Å². The van der Waals surface area contributed by atoms with Gasteiger partial charge in [0.15, 0.2) is 0 Å². The van der Waals surface area contributed by atoms with E-state index in [4.69, 9.17) is 5.11 Å². The van der Waals surface area contributed by atoms with Crippen molar-refractivity contribution in [2.75, 3.05) is 0 Å². The number of hydrogen-bond acceptors (Lipinski definition) is 3. The highest BCUT2D eigenvalue weighted by Gasteiger charge is 2.41. The summed E-state index contributed by atoms with van der Waals surface area (Å²) in [6, 6.07) is 12.3. The molecule has 0 aliphatic rings. The lowest BCUT2D eigenvalue weighted by Gasteiger charge is -2.28. The predicted octanol–water partition coefficient (Wildman–Crippen LogP) is 3.47. The maximum absolute atomic E-state index is 13.3. The summed E-state index contributed by atoms with van der Waals surface area (Å²) in [4.78, 5) is 33.4. The lowest BCUT2D eigenvalue weighted by molar-refractivity contribution is -0.143. The van der Waals surface area contributed by atoms with Gasteiger partial charge < -0.3 is 15.1 Å². The van der Waals surface area contributed by atoms with E-state index in [1.54, 1.807) is 18.2 Å². The fraction of sp³-hybridized carbons (Fsp3) is 0.368. The van der Waals surface area contributed by atoms with Gasteiger partial charge in [-0.25, -0.2) is 0 Å². The van der Waals surface area contributed by atoms with E-state index in [0.717, 1.165) is 10.8 Å². The fourth-order valence-electron chi connectivity index (χ4n) is 3.24. The Labute approximate surface area is 151 Å². The van der Waals surface area contributed by atoms with E-state index >= 15 is 0 Å². The zero-order valence-electron chi connectivity index (χ0n) is 14.5. The summed E-state index contributed by atoms with van der Waals surface area (Å²) >= 11 is 0. The Bertz CT molecular complexity index is 847. The average Bonchev–Trinajstić information content (AvgIpc) is 2.60. The van der Waals surface area contributed by atoms with Gasteiger partial charge in [-0.3, -0.25) is 14.2 Å². The van der Waals surface area contributed by atoms with Crippen molar-refractivity contribution in [3.05, 3.63) is 42.5 Å². The second kappa shape index (κ2) is 8.47. The molecular weight excluding hydrogens is 355 g/mol. The van der Waals surface area contributed by atoms with Crippen molar-refractivity contribution in [3.8, 4) is 0 Å². The molecule has 0 bridgehead atoms. The third-order valence-electron chi connectivity index (χ3n) is 4.59. The number of carboxylic acid groups (broad SMARTS) is 2. The van der Waals surface area contributed by atoms with Crippen molar-refractivity contribution in [3.63, 3.8) is 0 Å². The van der Waals surface area contributed by atoms with Gasteiger partial charge in [-0.1, -0.05) is 43.7 Å². The number of carbonyl (C=O) groups is 2. The van der Waals surface area contributed by atoms with Crippen LogP contribution in [0.3, 0.4) is 0 Å². The molecule has 0 aromatic heterocycles. The van der Waals surface area contributed by atoms with Crippen LogP contribution >= 0.6 is 7.37 Å². The maximum Gasteiger partial charge on any atom is 0.307 e. The molecule has 0 saturated carbocycles. The molecule has 3 unspecified atom stereocenters. The van der Waals surface area contributed by atoms with Gasteiger partial charge in [-0.2, -0.15) is 0 Å². The van der Waals surface area contributed by atoms with Crippen LogP contribution in [-0.2, 0) is 14.2 Å². The monoisotopic (exact) mass is 378 g/mol. The Morgan fingerprint density at radius 2 is 1.69 bits per heavy atom. The number of rotatable bonds is 9. The minimum Gasteiger partial charge on any atom is -0.481 e. The summed E-state index contributed by atoms with van der Waals surface area (Å²) in [7, 11) is -4.02. The van der Waals surface area contributed by atoms with Gasteiger partial charge in [0.1, 0.15) is 0 Å². The van der Waals surface area contributed by atoms with Gasteiger partial charge in [0.25, 0.3) is 0 Å². The van der Waals surface area contributed by atoms with E-state index < -0.39 is 30.9 Å². The first-order valence-corrected chi connectivity index (χ1v) is 10.3. The molecule has 3 atom stereocenters. The number of hydrogen-bond donors (Lipinski definition) is 3. The first kappa shape index (κ1) is 20.1. The summed E-state index contributed by atoms with van der Waals surface area (Å²) in [5.41, 5.74) is -1.02. The van der Waals surface area contributed by atoms with Gasteiger partial charge in [0.05, 0.1) is 11.6 Å². The molecule has 26 heavy (non-hydrogen) atoms. The van der Waals surface area contributed by atoms with Crippen LogP contribution in [0.5, 0.6) is 0 Å². The second-order valence-electron chi connectivity index (χ2n) is 6.39. The van der Waals surface area contributed by atoms with Crippen molar-refractivity contribution in [2.45, 2.75) is 38.3 Å². The number of carboxylic acids is 2. The Hall–Kier alpha value is -2.17. The Balaban J connectivity index is 2.44. The third kappa shape index (κ3) is 4.51. The minimum absolute atomic E-state index is 0.173. The molecule has 2 rings (SSSR count). The summed E-state index contributed by atoms with van der Waals surface area (Å²) in [5, 5.41) is 20.3. The summed E-state index contributed by atoms with van der Waals surface area (Å²) in [5.74, 6) is -3.54. The molecule has 2 aromatic carbocycles. The summed E-state index contributed by atoms with van der Waals surface area (Å²) < 4.78 is 13.3. The van der Waals surface area contributed by atoms with Crippen LogP contribution in [0.25, 0.3) is 10.8 Å². The Kier molecular flexibility index (Phi) is 6.57. The van der Waals surface area contributed by atoms with Crippen molar-refractivity contribution in [1.29, 1.82) is 0 Å². The van der Waals surface area contributed by atoms with Gasteiger partial charge >= 0.3 is 11.9 Å². The molecule has 0 amide bonds. The highest BCUT2D eigenvalue weighted by atomic mass is 31.2. The van der Waals surface area contributed by atoms with Crippen molar-refractivity contribution >= 4 is 35.4 Å². The number of benzene rings is 2. The maximum atomic E-state index is 13.3. The quantitative estimate of drug-likeness (QED) is 0.576. The molecule has 0 heterocycles. The molecular formula is C19H23O6P. The smallest absolute Gasteiger partial charge is 0.307 e. The van der Waals surface area contributed by atoms with Gasteiger partial charge in [-0.15, -0.1) is 0 Å². The van der Waals surface area contributed by atoms with E-state index in [2.05, 4.69) is 0 Å². The first-order chi connectivity index (χ1) is 12.3. The summed E-state index contributed by atoms with van der Waals surface area (Å²) in [6.45, 7) is 1.81. The molecule has 0 fully saturated rings. The Morgan fingerprint density at radius 1 is 1.04 bits per heavy atom. The van der Waals surface area contributed by atoms with E-state index in [0.29, 0.717) is 6.42 Å².